The van der Waals surface area contributed by atoms with E-state index < -0.39 is 0 Å². The van der Waals surface area contributed by atoms with E-state index in [0.29, 0.717) is 0 Å². The monoisotopic (exact) mass is 203 g/mol. The smallest absolute Gasteiger partial charge is 0.0203 e. The summed E-state index contributed by atoms with van der Waals surface area (Å²) in [6.45, 7) is 4.61. The van der Waals surface area contributed by atoms with Crippen LogP contribution in [0.4, 0.5) is 0 Å². The van der Waals surface area contributed by atoms with Gasteiger partial charge in [0.1, 0.15) is 0 Å². The zero-order valence-corrected chi connectivity index (χ0v) is 9.72. The molecule has 0 spiro atoms. The van der Waals surface area contributed by atoms with E-state index in [4.69, 9.17) is 0 Å². The Morgan fingerprint density at radius 1 is 1.14 bits per heavy atom. The summed E-state index contributed by atoms with van der Waals surface area (Å²) < 4.78 is 0. The summed E-state index contributed by atoms with van der Waals surface area (Å²) in [5.74, 6) is 2.87. The molecule has 2 rings (SSSR count). The number of allylic oxidation sites excluding steroid dienone is 4. The average Bonchev–Trinajstić information content (AvgIpc) is 2.68. The lowest BCUT2D eigenvalue weighted by atomic mass is 9.92. The van der Waals surface area contributed by atoms with Crippen molar-refractivity contribution in [2.24, 2.45) is 0 Å². The molecule has 2 aliphatic rings. The lowest BCUT2D eigenvalue weighted by Crippen LogP contribution is -2.08. The van der Waals surface area contributed by atoms with E-state index in [-0.39, 0.29) is 7.92 Å². The molecule has 0 saturated heterocycles. The molecule has 0 aliphatic heterocycles. The minimum absolute atomic E-state index is 0.0746. The fraction of sp³-hybridized carbons (Fsp3) is 0.308. The first-order valence-corrected chi connectivity index (χ1v) is 6.97. The third-order valence-electron chi connectivity index (χ3n) is 2.76. The van der Waals surface area contributed by atoms with Gasteiger partial charge in [-0.05, 0) is 36.9 Å². The van der Waals surface area contributed by atoms with E-state index in [1.807, 2.05) is 0 Å². The highest BCUT2D eigenvalue weighted by Crippen LogP contribution is 2.56. The number of fused-ring (bicyclic) bond motifs is 1. The Hall–Kier alpha value is -0.0900. The van der Waals surface area contributed by atoms with Gasteiger partial charge in [0.05, 0.1) is 0 Å². The normalized spacial score (nSPS) is 22.9. The molecule has 0 aromatic rings. The summed E-state index contributed by atoms with van der Waals surface area (Å²) in [5, 5.41) is 1.59. The van der Waals surface area contributed by atoms with Crippen molar-refractivity contribution in [2.45, 2.75) is 13.8 Å². The molecule has 73 valence electrons. The van der Waals surface area contributed by atoms with Crippen LogP contribution in [0.1, 0.15) is 13.8 Å². The summed E-state index contributed by atoms with van der Waals surface area (Å²) in [7, 11) is 0.0746. The minimum Gasteiger partial charge on any atom is -0.0796 e. The highest BCUT2D eigenvalue weighted by molar-refractivity contribution is 7.62. The van der Waals surface area contributed by atoms with Crippen molar-refractivity contribution >= 4 is 7.92 Å². The van der Waals surface area contributed by atoms with Crippen molar-refractivity contribution < 1.29 is 0 Å². The fourth-order valence-corrected chi connectivity index (χ4v) is 3.96. The molecule has 0 bridgehead atoms. The molecule has 0 heterocycles. The van der Waals surface area contributed by atoms with Crippen molar-refractivity contribution in [1.82, 2.24) is 0 Å². The van der Waals surface area contributed by atoms with Crippen LogP contribution in [0.15, 0.2) is 23.5 Å². The Labute approximate surface area is 89.2 Å². The van der Waals surface area contributed by atoms with Gasteiger partial charge < -0.3 is 0 Å². The van der Waals surface area contributed by atoms with Crippen LogP contribution < -0.4 is 0 Å². The van der Waals surface area contributed by atoms with Crippen LogP contribution in [0.2, 0.25) is 0 Å². The van der Waals surface area contributed by atoms with E-state index >= 15 is 0 Å². The van der Waals surface area contributed by atoms with E-state index in [9.17, 15) is 0 Å². The van der Waals surface area contributed by atoms with Gasteiger partial charge >= 0.3 is 0 Å². The van der Waals surface area contributed by atoms with E-state index in [2.05, 4.69) is 51.3 Å². The summed E-state index contributed by atoms with van der Waals surface area (Å²) in [5.41, 5.74) is 0. The molecular weight excluding hydrogens is 187 g/mol. The van der Waals surface area contributed by atoms with Crippen LogP contribution in [0.3, 0.4) is 0 Å². The Morgan fingerprint density at radius 3 is 2.64 bits per heavy atom. The maximum absolute atomic E-state index is 2.31. The predicted molar refractivity (Wildman–Crippen MR) is 64.6 cm³/mol. The number of rotatable bonds is 3. The lowest BCUT2D eigenvalue weighted by Gasteiger charge is -2.27. The molecule has 0 aromatic heterocycles. The Balaban J connectivity index is 2.16. The third-order valence-corrected chi connectivity index (χ3v) is 5.36. The van der Waals surface area contributed by atoms with Crippen molar-refractivity contribution in [1.29, 1.82) is 0 Å². The molecule has 1 saturated carbocycles. The molecule has 0 unspecified atom stereocenters. The molecule has 0 aromatic carbocycles. The van der Waals surface area contributed by atoms with Gasteiger partial charge in [-0.25, -0.2) is 0 Å². The number of hydrogen-bond acceptors (Lipinski definition) is 0. The molecule has 2 aliphatic carbocycles. The van der Waals surface area contributed by atoms with Crippen LogP contribution in [0.5, 0.6) is 0 Å². The quantitative estimate of drug-likeness (QED) is 0.613. The highest BCUT2D eigenvalue weighted by Gasteiger charge is 2.33. The highest BCUT2D eigenvalue weighted by atomic mass is 31.1. The molecule has 0 nitrogen and oxygen atoms in total. The van der Waals surface area contributed by atoms with Crippen molar-refractivity contribution in [3.63, 3.8) is 0 Å². The first kappa shape index (κ1) is 10.4. The number of hydrogen-bond donors (Lipinski definition) is 0. The Bertz CT molecular complexity index is 248. The maximum Gasteiger partial charge on any atom is 0.0203 e. The van der Waals surface area contributed by atoms with Crippen LogP contribution in [0.25, 0.3) is 0 Å². The van der Waals surface area contributed by atoms with Crippen molar-refractivity contribution in [2.75, 3.05) is 12.3 Å². The summed E-state index contributed by atoms with van der Waals surface area (Å²) in [4.78, 5) is 0. The molecule has 0 amide bonds. The van der Waals surface area contributed by atoms with Crippen molar-refractivity contribution in [3.8, 4) is 0 Å². The first-order valence-electron chi connectivity index (χ1n) is 5.26. The molecular formula is C13H16P. The van der Waals surface area contributed by atoms with Crippen LogP contribution in [0, 0.1) is 31.1 Å². The fourth-order valence-electron chi connectivity index (χ4n) is 1.99. The molecule has 0 atom stereocenters. The van der Waals surface area contributed by atoms with E-state index in [1.165, 1.54) is 24.2 Å². The molecule has 0 N–H and O–H groups in total. The molecule has 1 fully saturated rings. The second kappa shape index (κ2) is 4.62. The first-order chi connectivity index (χ1) is 6.86. The predicted octanol–water partition coefficient (Wildman–Crippen LogP) is 3.74. The van der Waals surface area contributed by atoms with Gasteiger partial charge in [-0.15, -0.1) is 0 Å². The Kier molecular flexibility index (Phi) is 3.44. The lowest BCUT2D eigenvalue weighted by molar-refractivity contribution is 1.19. The minimum atomic E-state index is 0.0746. The average molecular weight is 203 g/mol. The summed E-state index contributed by atoms with van der Waals surface area (Å²) in [6, 6.07) is 0. The van der Waals surface area contributed by atoms with Gasteiger partial charge in [-0.2, -0.15) is 0 Å². The zero-order valence-electron chi connectivity index (χ0n) is 8.83. The van der Waals surface area contributed by atoms with Gasteiger partial charge in [0.2, 0.25) is 0 Å². The summed E-state index contributed by atoms with van der Waals surface area (Å²) >= 11 is 0. The standard InChI is InChI=1S/C13H16P/c1-3-14(4-2)13-10-6-8-11-7-5-9-12(11)13/h5-10H,3-4H2,1-2H3. The van der Waals surface area contributed by atoms with Gasteiger partial charge in [0.15, 0.2) is 0 Å². The van der Waals surface area contributed by atoms with Crippen LogP contribution in [-0.2, 0) is 0 Å². The van der Waals surface area contributed by atoms with E-state index in [0.717, 1.165) is 0 Å². The largest absolute Gasteiger partial charge is 0.0796 e. The second-order valence-corrected chi connectivity index (χ2v) is 6.30. The second-order valence-electron chi connectivity index (χ2n) is 3.48. The summed E-state index contributed by atoms with van der Waals surface area (Å²) in [6.07, 6.45) is 15.9. The van der Waals surface area contributed by atoms with Gasteiger partial charge in [-0.3, -0.25) is 0 Å². The SMILES string of the molecule is CCP(CC)C1=CC=C[C]2[CH][CH][CH][C]21. The molecule has 14 heavy (non-hydrogen) atoms. The maximum atomic E-state index is 2.31. The van der Waals surface area contributed by atoms with Crippen LogP contribution in [-0.4, -0.2) is 12.3 Å². The van der Waals surface area contributed by atoms with Gasteiger partial charge in [-0.1, -0.05) is 40.0 Å². The van der Waals surface area contributed by atoms with Crippen molar-refractivity contribution in [3.05, 3.63) is 54.6 Å². The third kappa shape index (κ3) is 1.82. The van der Waals surface area contributed by atoms with Gasteiger partial charge in [0.25, 0.3) is 0 Å². The topological polar surface area (TPSA) is 0 Å². The Morgan fingerprint density at radius 2 is 1.93 bits per heavy atom. The zero-order chi connectivity index (χ0) is 9.97. The van der Waals surface area contributed by atoms with Gasteiger partial charge in [0, 0.05) is 11.8 Å². The molecule has 1 heteroatoms. The molecule has 5 radical (unpaired) electrons. The van der Waals surface area contributed by atoms with E-state index in [1.54, 1.807) is 5.31 Å². The van der Waals surface area contributed by atoms with Crippen LogP contribution >= 0.6 is 7.92 Å².